The summed E-state index contributed by atoms with van der Waals surface area (Å²) < 4.78 is 7.90. The standard InChI is InChI=1S/C27H35N3O2/c1-17(2)32-13-9-11-20-10-8-12-21-25(20)28-30-16-24(27(5,6)7)29-15-22(19(4)31)18(3)14-23(29)26(21)30/h8,10,12,14-15,17,24,31H,3-4,9,11,13,16H2,1-2,5-7H3. The number of hydrogen-bond donors (Lipinski definition) is 1. The van der Waals surface area contributed by atoms with Crippen LogP contribution in [0, 0.1) is 5.41 Å². The molecule has 0 fully saturated rings. The molecule has 3 heterocycles. The summed E-state index contributed by atoms with van der Waals surface area (Å²) >= 11 is 0. The van der Waals surface area contributed by atoms with Crippen LogP contribution in [0.4, 0.5) is 0 Å². The minimum Gasteiger partial charge on any atom is -0.508 e. The summed E-state index contributed by atoms with van der Waals surface area (Å²) in [5.74, 6) is 0.0489. The number of hydrogen-bond acceptors (Lipinski definition) is 4. The summed E-state index contributed by atoms with van der Waals surface area (Å²) in [7, 11) is 0. The zero-order chi connectivity index (χ0) is 23.2. The first kappa shape index (κ1) is 22.4. The van der Waals surface area contributed by atoms with Gasteiger partial charge in [-0.15, -0.1) is 0 Å². The zero-order valence-electron chi connectivity index (χ0n) is 20.0. The minimum absolute atomic E-state index is 0.00298. The maximum Gasteiger partial charge on any atom is 0.117 e. The quantitative estimate of drug-likeness (QED) is 0.449. The van der Waals surface area contributed by atoms with Crippen LogP contribution < -0.4 is 0 Å². The van der Waals surface area contributed by atoms with Crippen molar-refractivity contribution in [3.8, 4) is 0 Å². The number of ether oxygens (including phenoxy) is 1. The highest BCUT2D eigenvalue weighted by atomic mass is 16.5. The molecule has 32 heavy (non-hydrogen) atoms. The molecule has 2 aromatic rings. The van der Waals surface area contributed by atoms with E-state index in [1.807, 2.05) is 6.20 Å². The van der Waals surface area contributed by atoms with Gasteiger partial charge in [0, 0.05) is 23.8 Å². The Bertz CT molecular complexity index is 1130. The van der Waals surface area contributed by atoms with Gasteiger partial charge in [0.1, 0.15) is 5.76 Å². The van der Waals surface area contributed by atoms with Gasteiger partial charge >= 0.3 is 0 Å². The van der Waals surface area contributed by atoms with Gasteiger partial charge in [0.15, 0.2) is 0 Å². The Balaban J connectivity index is 1.79. The Kier molecular flexibility index (Phi) is 5.80. The Morgan fingerprint density at radius 3 is 2.72 bits per heavy atom. The van der Waals surface area contributed by atoms with Crippen LogP contribution in [0.3, 0.4) is 0 Å². The lowest BCUT2D eigenvalue weighted by atomic mass is 9.82. The third-order valence-electron chi connectivity index (χ3n) is 6.33. The highest BCUT2D eigenvalue weighted by Crippen LogP contribution is 2.43. The summed E-state index contributed by atoms with van der Waals surface area (Å²) in [6, 6.07) is 6.64. The topological polar surface area (TPSA) is 50.5 Å². The number of benzene rings is 1. The number of allylic oxidation sites excluding steroid dienone is 2. The van der Waals surface area contributed by atoms with Crippen LogP contribution in [0.1, 0.15) is 52.3 Å². The van der Waals surface area contributed by atoms with E-state index in [1.54, 1.807) is 0 Å². The van der Waals surface area contributed by atoms with Gasteiger partial charge < -0.3 is 14.7 Å². The summed E-state index contributed by atoms with van der Waals surface area (Å²) in [4.78, 5) is 2.28. The third-order valence-corrected chi connectivity index (χ3v) is 6.33. The van der Waals surface area contributed by atoms with Crippen molar-refractivity contribution >= 4 is 16.6 Å². The van der Waals surface area contributed by atoms with Gasteiger partial charge in [0.25, 0.3) is 0 Å². The molecule has 4 rings (SSSR count). The van der Waals surface area contributed by atoms with E-state index in [4.69, 9.17) is 9.84 Å². The van der Waals surface area contributed by atoms with Gasteiger partial charge in [-0.1, -0.05) is 52.1 Å². The fourth-order valence-electron chi connectivity index (χ4n) is 4.66. The molecule has 0 saturated carbocycles. The number of aliphatic hydroxyl groups excluding tert-OH is 1. The lowest BCUT2D eigenvalue weighted by Gasteiger charge is -2.46. The van der Waals surface area contributed by atoms with E-state index in [2.05, 4.69) is 81.6 Å². The number of aromatic nitrogens is 2. The van der Waals surface area contributed by atoms with E-state index in [0.717, 1.165) is 53.9 Å². The smallest absolute Gasteiger partial charge is 0.117 e. The SMILES string of the molecule is C=C(O)C1=CN2C(=CC1=C)c1c3cccc(CCCOC(C)C)c3nn1CC2C(C)(C)C. The van der Waals surface area contributed by atoms with E-state index in [0.29, 0.717) is 5.57 Å². The number of rotatable bonds is 6. The average molecular weight is 434 g/mol. The third kappa shape index (κ3) is 4.02. The molecule has 1 unspecified atom stereocenters. The lowest BCUT2D eigenvalue weighted by molar-refractivity contribution is 0.0772. The van der Waals surface area contributed by atoms with Crippen LogP contribution >= 0.6 is 0 Å². The first-order chi connectivity index (χ1) is 15.1. The van der Waals surface area contributed by atoms with Crippen molar-refractivity contribution in [1.82, 2.24) is 14.7 Å². The molecule has 1 aromatic carbocycles. The van der Waals surface area contributed by atoms with Crippen molar-refractivity contribution in [2.24, 2.45) is 5.41 Å². The van der Waals surface area contributed by atoms with Crippen molar-refractivity contribution in [3.05, 3.63) is 71.8 Å². The van der Waals surface area contributed by atoms with E-state index < -0.39 is 0 Å². The van der Waals surface area contributed by atoms with Crippen LogP contribution in [-0.4, -0.2) is 38.5 Å². The van der Waals surface area contributed by atoms with Crippen molar-refractivity contribution in [2.45, 2.75) is 66.2 Å². The normalized spacial score (nSPS) is 18.5. The predicted octanol–water partition coefficient (Wildman–Crippen LogP) is 5.99. The number of aliphatic hydroxyl groups is 1. The number of fused-ring (bicyclic) bond motifs is 5. The number of aryl methyl sites for hydroxylation is 1. The predicted molar refractivity (Wildman–Crippen MR) is 131 cm³/mol. The summed E-state index contributed by atoms with van der Waals surface area (Å²) in [6.07, 6.45) is 6.23. The van der Waals surface area contributed by atoms with Gasteiger partial charge in [-0.2, -0.15) is 5.10 Å². The van der Waals surface area contributed by atoms with E-state index >= 15 is 0 Å². The second-order valence-electron chi connectivity index (χ2n) is 10.2. The van der Waals surface area contributed by atoms with E-state index in [-0.39, 0.29) is 23.3 Å². The Labute approximate surface area is 191 Å². The van der Waals surface area contributed by atoms with Crippen molar-refractivity contribution in [2.75, 3.05) is 6.61 Å². The van der Waals surface area contributed by atoms with E-state index in [9.17, 15) is 5.11 Å². The van der Waals surface area contributed by atoms with Crippen molar-refractivity contribution < 1.29 is 9.84 Å². The molecular formula is C27H35N3O2. The molecule has 5 nitrogen and oxygen atoms in total. The average Bonchev–Trinajstić information content (AvgIpc) is 3.08. The molecule has 2 aliphatic heterocycles. The summed E-state index contributed by atoms with van der Waals surface area (Å²) in [5.41, 5.74) is 5.96. The van der Waals surface area contributed by atoms with Crippen LogP contribution in [0.15, 0.2) is 60.5 Å². The zero-order valence-corrected chi connectivity index (χ0v) is 20.0. The fourth-order valence-corrected chi connectivity index (χ4v) is 4.66. The molecule has 1 aromatic heterocycles. The molecule has 1 atom stereocenters. The van der Waals surface area contributed by atoms with E-state index in [1.165, 1.54) is 5.56 Å². The van der Waals surface area contributed by atoms with Crippen molar-refractivity contribution in [3.63, 3.8) is 0 Å². The van der Waals surface area contributed by atoms with Crippen LogP contribution in [0.25, 0.3) is 16.6 Å². The highest BCUT2D eigenvalue weighted by Gasteiger charge is 2.39. The molecule has 0 radical (unpaired) electrons. The summed E-state index contributed by atoms with van der Waals surface area (Å²) in [6.45, 7) is 20.3. The molecule has 5 heteroatoms. The van der Waals surface area contributed by atoms with Gasteiger partial charge in [-0.3, -0.25) is 4.68 Å². The second-order valence-corrected chi connectivity index (χ2v) is 10.2. The molecule has 170 valence electrons. The maximum absolute atomic E-state index is 10.1. The maximum atomic E-state index is 10.1. The molecule has 1 N–H and O–H groups in total. The molecule has 0 saturated heterocycles. The lowest BCUT2D eigenvalue weighted by Crippen LogP contribution is -2.47. The second kappa shape index (κ2) is 8.28. The van der Waals surface area contributed by atoms with Gasteiger partial charge in [0.2, 0.25) is 0 Å². The van der Waals surface area contributed by atoms with Gasteiger partial charge in [0.05, 0.1) is 35.6 Å². The molecule has 0 amide bonds. The number of nitrogens with zero attached hydrogens (tertiary/aromatic N) is 3. The molecule has 2 aliphatic rings. The van der Waals surface area contributed by atoms with Gasteiger partial charge in [-0.25, -0.2) is 0 Å². The fraction of sp³-hybridized carbons (Fsp3) is 0.444. The minimum atomic E-state index is 0.00298. The molecule has 0 aliphatic carbocycles. The van der Waals surface area contributed by atoms with Crippen LogP contribution in [-0.2, 0) is 17.7 Å². The highest BCUT2D eigenvalue weighted by molar-refractivity contribution is 5.94. The largest absolute Gasteiger partial charge is 0.508 e. The first-order valence-electron chi connectivity index (χ1n) is 11.5. The monoisotopic (exact) mass is 433 g/mol. The molecule has 0 spiro atoms. The molecular weight excluding hydrogens is 398 g/mol. The van der Waals surface area contributed by atoms with Gasteiger partial charge in [-0.05, 0) is 49.3 Å². The van der Waals surface area contributed by atoms with Crippen LogP contribution in [0.2, 0.25) is 0 Å². The Morgan fingerprint density at radius 2 is 2.06 bits per heavy atom. The van der Waals surface area contributed by atoms with Crippen LogP contribution in [0.5, 0.6) is 0 Å². The van der Waals surface area contributed by atoms with Crippen molar-refractivity contribution in [1.29, 1.82) is 0 Å². The molecule has 0 bridgehead atoms. The Morgan fingerprint density at radius 1 is 1.31 bits per heavy atom. The first-order valence-corrected chi connectivity index (χ1v) is 11.5. The Hall–Kier alpha value is -2.79. The summed E-state index contributed by atoms with van der Waals surface area (Å²) in [5, 5.41) is 16.4.